The molecule has 0 aromatic heterocycles. The molecule has 8 heteroatoms. The van der Waals surface area contributed by atoms with Crippen LogP contribution in [0.5, 0.6) is 0 Å². The fourth-order valence-electron chi connectivity index (χ4n) is 2.71. The van der Waals surface area contributed by atoms with Crippen LogP contribution in [0.15, 0.2) is 0 Å². The third kappa shape index (κ3) is 2.59. The summed E-state index contributed by atoms with van der Waals surface area (Å²) in [5.74, 6) is -2.16. The van der Waals surface area contributed by atoms with Gasteiger partial charge in [-0.1, -0.05) is 6.42 Å². The Balaban J connectivity index is 2.18. The van der Waals surface area contributed by atoms with Gasteiger partial charge in [-0.15, -0.1) is 0 Å². The van der Waals surface area contributed by atoms with E-state index in [4.69, 9.17) is 5.11 Å². The fourth-order valence-corrected chi connectivity index (χ4v) is 4.85. The lowest BCUT2D eigenvalue weighted by Crippen LogP contribution is -2.53. The number of rotatable bonds is 3. The van der Waals surface area contributed by atoms with Crippen molar-refractivity contribution in [3.8, 4) is 0 Å². The van der Waals surface area contributed by atoms with E-state index in [1.54, 1.807) is 7.05 Å². The number of amides is 1. The third-order valence-corrected chi connectivity index (χ3v) is 6.30. The zero-order chi connectivity index (χ0) is 14.2. The summed E-state index contributed by atoms with van der Waals surface area (Å²) in [6.45, 7) is 0.414. The molecule has 1 heterocycles. The van der Waals surface area contributed by atoms with Crippen molar-refractivity contribution in [3.05, 3.63) is 0 Å². The van der Waals surface area contributed by atoms with E-state index in [0.717, 1.165) is 4.31 Å². The molecule has 1 N–H and O–H groups in total. The highest BCUT2D eigenvalue weighted by atomic mass is 32.2. The highest BCUT2D eigenvalue weighted by Crippen LogP contribution is 2.33. The molecule has 2 fully saturated rings. The predicted octanol–water partition coefficient (Wildman–Crippen LogP) is -0.656. The van der Waals surface area contributed by atoms with Crippen LogP contribution in [0.1, 0.15) is 19.3 Å². The first-order chi connectivity index (χ1) is 8.84. The SMILES string of the molecule is CN1CCN(S(=O)(=O)C2CCCC2C(=O)O)CC1=O. The zero-order valence-corrected chi connectivity index (χ0v) is 11.6. The summed E-state index contributed by atoms with van der Waals surface area (Å²) in [5.41, 5.74) is 0. The molecule has 108 valence electrons. The predicted molar refractivity (Wildman–Crippen MR) is 66.9 cm³/mol. The van der Waals surface area contributed by atoms with Crippen LogP contribution in [0.4, 0.5) is 0 Å². The number of aliphatic carboxylic acids is 1. The number of carbonyl (C=O) groups excluding carboxylic acids is 1. The summed E-state index contributed by atoms with van der Waals surface area (Å²) in [5, 5.41) is 8.19. The number of hydrogen-bond donors (Lipinski definition) is 1. The van der Waals surface area contributed by atoms with Gasteiger partial charge in [0.2, 0.25) is 15.9 Å². The molecule has 1 amide bonds. The minimum Gasteiger partial charge on any atom is -0.481 e. The van der Waals surface area contributed by atoms with E-state index < -0.39 is 27.2 Å². The Kier molecular flexibility index (Phi) is 3.82. The van der Waals surface area contributed by atoms with E-state index in [1.165, 1.54) is 4.90 Å². The first kappa shape index (κ1) is 14.3. The van der Waals surface area contributed by atoms with Gasteiger partial charge in [-0.3, -0.25) is 9.59 Å². The molecule has 1 aliphatic heterocycles. The van der Waals surface area contributed by atoms with Crippen molar-refractivity contribution in [2.45, 2.75) is 24.5 Å². The van der Waals surface area contributed by atoms with Gasteiger partial charge in [0.1, 0.15) is 0 Å². The topological polar surface area (TPSA) is 95.0 Å². The summed E-state index contributed by atoms with van der Waals surface area (Å²) >= 11 is 0. The summed E-state index contributed by atoms with van der Waals surface area (Å²) < 4.78 is 26.0. The Morgan fingerprint density at radius 3 is 2.58 bits per heavy atom. The Hall–Kier alpha value is -1.15. The van der Waals surface area contributed by atoms with Gasteiger partial charge in [-0.05, 0) is 12.8 Å². The Morgan fingerprint density at radius 2 is 2.00 bits per heavy atom. The van der Waals surface area contributed by atoms with Crippen molar-refractivity contribution in [1.82, 2.24) is 9.21 Å². The lowest BCUT2D eigenvalue weighted by atomic mass is 10.1. The zero-order valence-electron chi connectivity index (χ0n) is 10.8. The van der Waals surface area contributed by atoms with Crippen LogP contribution >= 0.6 is 0 Å². The van der Waals surface area contributed by atoms with Crippen molar-refractivity contribution in [3.63, 3.8) is 0 Å². The number of sulfonamides is 1. The van der Waals surface area contributed by atoms with Crippen LogP contribution in [0, 0.1) is 5.92 Å². The monoisotopic (exact) mass is 290 g/mol. The van der Waals surface area contributed by atoms with Gasteiger partial charge in [0.05, 0.1) is 17.7 Å². The molecular weight excluding hydrogens is 272 g/mol. The summed E-state index contributed by atoms with van der Waals surface area (Å²) in [4.78, 5) is 24.2. The fraction of sp³-hybridized carbons (Fsp3) is 0.818. The first-order valence-corrected chi connectivity index (χ1v) is 7.80. The van der Waals surface area contributed by atoms with Gasteiger partial charge in [0, 0.05) is 20.1 Å². The lowest BCUT2D eigenvalue weighted by molar-refractivity contribution is -0.141. The van der Waals surface area contributed by atoms with Crippen molar-refractivity contribution < 1.29 is 23.1 Å². The molecule has 2 unspecified atom stereocenters. The van der Waals surface area contributed by atoms with Crippen molar-refractivity contribution in [1.29, 1.82) is 0 Å². The van der Waals surface area contributed by atoms with Gasteiger partial charge < -0.3 is 10.0 Å². The highest BCUT2D eigenvalue weighted by molar-refractivity contribution is 7.89. The van der Waals surface area contributed by atoms with Crippen LogP contribution < -0.4 is 0 Å². The summed E-state index contributed by atoms with van der Waals surface area (Å²) in [6, 6.07) is 0. The van der Waals surface area contributed by atoms with E-state index in [2.05, 4.69) is 0 Å². The average Bonchev–Trinajstić information content (AvgIpc) is 2.82. The minimum absolute atomic E-state index is 0.179. The molecular formula is C11H18N2O5S. The molecule has 0 spiro atoms. The number of carboxylic acid groups (broad SMARTS) is 1. The van der Waals surface area contributed by atoms with Gasteiger partial charge in [-0.2, -0.15) is 4.31 Å². The molecule has 0 aromatic rings. The second-order valence-electron chi connectivity index (χ2n) is 5.11. The Labute approximate surface area is 112 Å². The van der Waals surface area contributed by atoms with Crippen molar-refractivity contribution >= 4 is 21.9 Å². The minimum atomic E-state index is -3.71. The number of carboxylic acids is 1. The van der Waals surface area contributed by atoms with E-state index in [0.29, 0.717) is 25.8 Å². The van der Waals surface area contributed by atoms with Crippen LogP contribution in [0.3, 0.4) is 0 Å². The van der Waals surface area contributed by atoms with E-state index in [-0.39, 0.29) is 19.0 Å². The van der Waals surface area contributed by atoms with Gasteiger partial charge >= 0.3 is 5.97 Å². The quantitative estimate of drug-likeness (QED) is 0.745. The molecule has 1 saturated carbocycles. The standard InChI is InChI=1S/C11H18N2O5S/c1-12-5-6-13(7-10(12)14)19(17,18)9-4-2-3-8(9)11(15)16/h8-9H,2-7H2,1H3,(H,15,16). The number of likely N-dealkylation sites (N-methyl/N-ethyl adjacent to an activating group) is 1. The molecule has 0 bridgehead atoms. The molecule has 0 radical (unpaired) electrons. The molecule has 2 rings (SSSR count). The second kappa shape index (κ2) is 5.09. The van der Waals surface area contributed by atoms with Crippen LogP contribution in [-0.2, 0) is 19.6 Å². The van der Waals surface area contributed by atoms with Gasteiger partial charge in [0.25, 0.3) is 0 Å². The number of piperazine rings is 1. The Bertz CT molecular complexity index is 489. The second-order valence-corrected chi connectivity index (χ2v) is 7.26. The smallest absolute Gasteiger partial charge is 0.307 e. The number of hydrogen-bond acceptors (Lipinski definition) is 4. The molecule has 1 aliphatic carbocycles. The highest BCUT2D eigenvalue weighted by Gasteiger charge is 2.45. The van der Waals surface area contributed by atoms with E-state index >= 15 is 0 Å². The summed E-state index contributed by atoms with van der Waals surface area (Å²) in [7, 11) is -2.08. The van der Waals surface area contributed by atoms with Gasteiger partial charge in [0.15, 0.2) is 0 Å². The normalized spacial score (nSPS) is 29.7. The summed E-state index contributed by atoms with van der Waals surface area (Å²) in [6.07, 6.45) is 1.35. The maximum Gasteiger partial charge on any atom is 0.307 e. The number of nitrogens with zero attached hydrogens (tertiary/aromatic N) is 2. The maximum atomic E-state index is 12.4. The van der Waals surface area contributed by atoms with E-state index in [1.807, 2.05) is 0 Å². The molecule has 2 aliphatic rings. The van der Waals surface area contributed by atoms with Gasteiger partial charge in [-0.25, -0.2) is 8.42 Å². The molecule has 0 aromatic carbocycles. The Morgan fingerprint density at radius 1 is 1.32 bits per heavy atom. The molecule has 2 atom stereocenters. The lowest BCUT2D eigenvalue weighted by Gasteiger charge is -2.33. The van der Waals surface area contributed by atoms with Crippen LogP contribution in [0.25, 0.3) is 0 Å². The molecule has 7 nitrogen and oxygen atoms in total. The van der Waals surface area contributed by atoms with Crippen LogP contribution in [0.2, 0.25) is 0 Å². The van der Waals surface area contributed by atoms with Crippen molar-refractivity contribution in [2.75, 3.05) is 26.7 Å². The third-order valence-electron chi connectivity index (χ3n) is 3.93. The van der Waals surface area contributed by atoms with Crippen LogP contribution in [-0.4, -0.2) is 66.5 Å². The van der Waals surface area contributed by atoms with E-state index in [9.17, 15) is 18.0 Å². The molecule has 1 saturated heterocycles. The largest absolute Gasteiger partial charge is 0.481 e. The maximum absolute atomic E-state index is 12.4. The number of carbonyl (C=O) groups is 2. The average molecular weight is 290 g/mol. The van der Waals surface area contributed by atoms with Crippen molar-refractivity contribution in [2.24, 2.45) is 5.92 Å². The first-order valence-electron chi connectivity index (χ1n) is 6.30. The molecule has 19 heavy (non-hydrogen) atoms.